The second-order valence-corrected chi connectivity index (χ2v) is 5.44. The van der Waals surface area contributed by atoms with Crippen molar-refractivity contribution in [1.29, 1.82) is 0 Å². The van der Waals surface area contributed by atoms with Crippen LogP contribution in [0.15, 0.2) is 29.2 Å². The molecule has 1 aromatic carbocycles. The molecule has 76 valence electrons. The Bertz CT molecular complexity index is 301. The van der Waals surface area contributed by atoms with Gasteiger partial charge in [-0.3, -0.25) is 0 Å². The van der Waals surface area contributed by atoms with Gasteiger partial charge in [-0.2, -0.15) is 0 Å². The van der Waals surface area contributed by atoms with E-state index in [1.807, 2.05) is 11.8 Å². The molecule has 0 bridgehead atoms. The summed E-state index contributed by atoms with van der Waals surface area (Å²) in [4.78, 5) is 1.36. The zero-order valence-corrected chi connectivity index (χ0v) is 9.44. The Morgan fingerprint density at radius 2 is 1.93 bits per heavy atom. The van der Waals surface area contributed by atoms with E-state index in [4.69, 9.17) is 5.73 Å². The van der Waals surface area contributed by atoms with E-state index in [1.54, 1.807) is 0 Å². The van der Waals surface area contributed by atoms with Crippen molar-refractivity contribution in [2.24, 2.45) is 5.73 Å². The molecule has 0 atom stereocenters. The average molecular weight is 207 g/mol. The Hall–Kier alpha value is -0.470. The smallest absolute Gasteiger partial charge is 0.0163 e. The van der Waals surface area contributed by atoms with Crippen molar-refractivity contribution in [1.82, 2.24) is 0 Å². The van der Waals surface area contributed by atoms with Gasteiger partial charge in [-0.25, -0.2) is 0 Å². The van der Waals surface area contributed by atoms with Gasteiger partial charge >= 0.3 is 0 Å². The normalized spacial score (nSPS) is 18.1. The molecule has 2 N–H and O–H groups in total. The molecule has 1 nitrogen and oxygen atoms in total. The second-order valence-electron chi connectivity index (χ2n) is 4.27. The standard InChI is InChI=1S/C12H17NS/c1-10-2-4-11(5-3-10)14-9-8-12(13)6-7-12/h2-5H,6-9,13H2,1H3. The molecule has 2 rings (SSSR count). The monoisotopic (exact) mass is 207 g/mol. The van der Waals surface area contributed by atoms with Crippen LogP contribution in [-0.4, -0.2) is 11.3 Å². The van der Waals surface area contributed by atoms with Gasteiger partial charge in [-0.05, 0) is 44.1 Å². The van der Waals surface area contributed by atoms with Crippen molar-refractivity contribution in [3.8, 4) is 0 Å². The van der Waals surface area contributed by atoms with Crippen molar-refractivity contribution in [2.45, 2.75) is 36.6 Å². The first kappa shape index (κ1) is 10.1. The van der Waals surface area contributed by atoms with Crippen LogP contribution >= 0.6 is 11.8 Å². The molecule has 0 unspecified atom stereocenters. The predicted molar refractivity (Wildman–Crippen MR) is 62.7 cm³/mol. The molecule has 0 saturated heterocycles. The van der Waals surface area contributed by atoms with E-state index in [0.717, 1.165) is 12.2 Å². The molecular weight excluding hydrogens is 190 g/mol. The summed E-state index contributed by atoms with van der Waals surface area (Å²) < 4.78 is 0. The van der Waals surface area contributed by atoms with Crippen LogP contribution < -0.4 is 5.73 Å². The maximum atomic E-state index is 6.02. The highest BCUT2D eigenvalue weighted by molar-refractivity contribution is 7.99. The summed E-state index contributed by atoms with van der Waals surface area (Å²) in [6.07, 6.45) is 3.61. The highest BCUT2D eigenvalue weighted by Crippen LogP contribution is 2.37. The van der Waals surface area contributed by atoms with Crippen molar-refractivity contribution in [3.05, 3.63) is 29.8 Å². The fourth-order valence-electron chi connectivity index (χ4n) is 1.42. The maximum Gasteiger partial charge on any atom is 0.0163 e. The molecule has 1 saturated carbocycles. The molecular formula is C12H17NS. The number of nitrogens with two attached hydrogens (primary N) is 1. The second kappa shape index (κ2) is 3.95. The Labute approximate surface area is 90.1 Å². The molecule has 0 amide bonds. The zero-order valence-electron chi connectivity index (χ0n) is 8.62. The van der Waals surface area contributed by atoms with Gasteiger partial charge < -0.3 is 5.73 Å². The lowest BCUT2D eigenvalue weighted by atomic mass is 10.2. The van der Waals surface area contributed by atoms with E-state index in [1.165, 1.54) is 23.3 Å². The SMILES string of the molecule is Cc1ccc(SCCC2(N)CC2)cc1. The molecule has 14 heavy (non-hydrogen) atoms. The number of hydrogen-bond acceptors (Lipinski definition) is 2. The maximum absolute atomic E-state index is 6.02. The molecule has 1 aromatic rings. The summed E-state index contributed by atoms with van der Waals surface area (Å²) in [5.74, 6) is 1.15. The van der Waals surface area contributed by atoms with Crippen LogP contribution in [0, 0.1) is 6.92 Å². The van der Waals surface area contributed by atoms with Crippen LogP contribution in [0.25, 0.3) is 0 Å². The summed E-state index contributed by atoms with van der Waals surface area (Å²) in [6.45, 7) is 2.12. The van der Waals surface area contributed by atoms with Crippen LogP contribution in [0.2, 0.25) is 0 Å². The minimum Gasteiger partial charge on any atom is -0.325 e. The number of thioether (sulfide) groups is 1. The molecule has 0 aliphatic heterocycles. The zero-order chi connectivity index (χ0) is 10.0. The molecule has 0 spiro atoms. The fourth-order valence-corrected chi connectivity index (χ4v) is 2.49. The summed E-state index contributed by atoms with van der Waals surface area (Å²) in [7, 11) is 0. The van der Waals surface area contributed by atoms with E-state index >= 15 is 0 Å². The average Bonchev–Trinajstić information content (AvgIpc) is 2.88. The van der Waals surface area contributed by atoms with Gasteiger partial charge in [0.2, 0.25) is 0 Å². The summed E-state index contributed by atoms with van der Waals surface area (Å²) in [6, 6.07) is 8.71. The molecule has 0 heterocycles. The molecule has 2 heteroatoms. The number of aryl methyl sites for hydroxylation is 1. The molecule has 1 fully saturated rings. The molecule has 1 aliphatic carbocycles. The first-order chi connectivity index (χ1) is 6.68. The van der Waals surface area contributed by atoms with Gasteiger partial charge in [0.05, 0.1) is 0 Å². The number of hydrogen-bond donors (Lipinski definition) is 1. The van der Waals surface area contributed by atoms with Gasteiger partial charge in [-0.1, -0.05) is 17.7 Å². The highest BCUT2D eigenvalue weighted by Gasteiger charge is 2.37. The van der Waals surface area contributed by atoms with Gasteiger partial charge in [0.15, 0.2) is 0 Å². The van der Waals surface area contributed by atoms with Crippen LogP contribution in [0.3, 0.4) is 0 Å². The van der Waals surface area contributed by atoms with Gasteiger partial charge in [0, 0.05) is 10.4 Å². The van der Waals surface area contributed by atoms with Crippen LogP contribution in [0.5, 0.6) is 0 Å². The van der Waals surface area contributed by atoms with E-state index in [2.05, 4.69) is 31.2 Å². The van der Waals surface area contributed by atoms with E-state index in [-0.39, 0.29) is 5.54 Å². The Morgan fingerprint density at radius 1 is 1.29 bits per heavy atom. The third-order valence-electron chi connectivity index (χ3n) is 2.78. The highest BCUT2D eigenvalue weighted by atomic mass is 32.2. The third-order valence-corrected chi connectivity index (χ3v) is 3.80. The first-order valence-electron chi connectivity index (χ1n) is 5.16. The quantitative estimate of drug-likeness (QED) is 0.768. The van der Waals surface area contributed by atoms with Crippen molar-refractivity contribution >= 4 is 11.8 Å². The fraction of sp³-hybridized carbons (Fsp3) is 0.500. The summed E-state index contributed by atoms with van der Waals surface area (Å²) in [5, 5.41) is 0. The predicted octanol–water partition coefficient (Wildman–Crippen LogP) is 2.97. The summed E-state index contributed by atoms with van der Waals surface area (Å²) in [5.41, 5.74) is 7.55. The lowest BCUT2D eigenvalue weighted by molar-refractivity contribution is 0.656. The van der Waals surface area contributed by atoms with Gasteiger partial charge in [0.25, 0.3) is 0 Å². The minimum atomic E-state index is 0.206. The van der Waals surface area contributed by atoms with E-state index < -0.39 is 0 Å². The Morgan fingerprint density at radius 3 is 2.50 bits per heavy atom. The van der Waals surface area contributed by atoms with Gasteiger partial charge in [-0.15, -0.1) is 11.8 Å². The lowest BCUT2D eigenvalue weighted by Gasteiger charge is -2.07. The van der Waals surface area contributed by atoms with E-state index in [0.29, 0.717) is 0 Å². The summed E-state index contributed by atoms with van der Waals surface area (Å²) >= 11 is 1.92. The van der Waals surface area contributed by atoms with Crippen molar-refractivity contribution in [2.75, 3.05) is 5.75 Å². The van der Waals surface area contributed by atoms with Gasteiger partial charge in [0.1, 0.15) is 0 Å². The van der Waals surface area contributed by atoms with Crippen LogP contribution in [-0.2, 0) is 0 Å². The molecule has 1 aliphatic rings. The topological polar surface area (TPSA) is 26.0 Å². The lowest BCUT2D eigenvalue weighted by Crippen LogP contribution is -2.21. The van der Waals surface area contributed by atoms with Crippen LogP contribution in [0.4, 0.5) is 0 Å². The van der Waals surface area contributed by atoms with Crippen molar-refractivity contribution in [3.63, 3.8) is 0 Å². The Kier molecular flexibility index (Phi) is 2.84. The minimum absolute atomic E-state index is 0.206. The van der Waals surface area contributed by atoms with Crippen molar-refractivity contribution < 1.29 is 0 Å². The molecule has 0 aromatic heterocycles. The first-order valence-corrected chi connectivity index (χ1v) is 6.15. The van der Waals surface area contributed by atoms with E-state index in [9.17, 15) is 0 Å². The Balaban J connectivity index is 1.77. The number of benzene rings is 1. The molecule has 0 radical (unpaired) electrons. The largest absolute Gasteiger partial charge is 0.325 e. The van der Waals surface area contributed by atoms with Crippen LogP contribution in [0.1, 0.15) is 24.8 Å². The third kappa shape index (κ3) is 2.76. The number of rotatable bonds is 4.